The van der Waals surface area contributed by atoms with Crippen molar-refractivity contribution in [2.45, 2.75) is 51.4 Å². The van der Waals surface area contributed by atoms with E-state index in [1.165, 1.54) is 17.4 Å². The highest BCUT2D eigenvalue weighted by Gasteiger charge is 2.34. The van der Waals surface area contributed by atoms with E-state index in [2.05, 4.69) is 21.4 Å². The van der Waals surface area contributed by atoms with Gasteiger partial charge in [0.15, 0.2) is 5.13 Å². The molecule has 1 saturated heterocycles. The second kappa shape index (κ2) is 8.94. The number of hydrogen-bond donors (Lipinski definition) is 2. The maximum Gasteiger partial charge on any atom is 0.433 e. The number of alkyl halides is 3. The second-order valence-electron chi connectivity index (χ2n) is 9.08. The standard InChI is InChI=1S/C23H25F3N5O2S/c1-22(2,3)33-21(32)31-10-4-5-14(31)12-28-19-15(7-9-18(30-19)23(24,25)26)13-6-8-17-16(11-13)29-20(27)34-17/h6-9,14H,4-5,10,12H2,1-3H3,(H2,27,29)(H,28,30). The molecule has 1 aliphatic heterocycles. The number of halogens is 3. The molecule has 3 N–H and O–H groups in total. The molecule has 181 valence electrons. The third-order valence-electron chi connectivity index (χ3n) is 5.31. The summed E-state index contributed by atoms with van der Waals surface area (Å²) >= 11 is 1.31. The molecule has 1 fully saturated rings. The summed E-state index contributed by atoms with van der Waals surface area (Å²) in [5.74, 6) is 0.0599. The summed E-state index contributed by atoms with van der Waals surface area (Å²) in [4.78, 5) is 22.3. The van der Waals surface area contributed by atoms with Crippen LogP contribution in [-0.4, -0.2) is 45.7 Å². The van der Waals surface area contributed by atoms with Gasteiger partial charge in [-0.25, -0.2) is 14.8 Å². The predicted molar refractivity (Wildman–Crippen MR) is 126 cm³/mol. The average Bonchev–Trinajstić information content (AvgIpc) is 3.35. The lowest BCUT2D eigenvalue weighted by molar-refractivity contribution is -0.141. The van der Waals surface area contributed by atoms with Gasteiger partial charge in [0.05, 0.1) is 16.3 Å². The SMILES string of the molecule is CC(C)(C)OC(=O)N1CCCC1CNc1nc(C(F)(F)F)ccc1-c1[c]c2nc(N)sc2cc1. The first-order chi connectivity index (χ1) is 15.9. The molecule has 1 unspecified atom stereocenters. The van der Waals surface area contributed by atoms with Crippen molar-refractivity contribution in [3.8, 4) is 11.1 Å². The number of nitrogen functional groups attached to an aromatic ring is 1. The van der Waals surface area contributed by atoms with Gasteiger partial charge in [0.2, 0.25) is 0 Å². The van der Waals surface area contributed by atoms with E-state index in [9.17, 15) is 18.0 Å². The third kappa shape index (κ3) is 5.35. The number of anilines is 2. The minimum absolute atomic E-state index is 0.0599. The largest absolute Gasteiger partial charge is 0.444 e. The quantitative estimate of drug-likeness (QED) is 0.495. The lowest BCUT2D eigenvalue weighted by Crippen LogP contribution is -2.42. The van der Waals surface area contributed by atoms with Crippen LogP contribution in [-0.2, 0) is 10.9 Å². The van der Waals surface area contributed by atoms with Gasteiger partial charge in [0, 0.05) is 24.7 Å². The summed E-state index contributed by atoms with van der Waals surface area (Å²) in [7, 11) is 0. The molecule has 34 heavy (non-hydrogen) atoms. The van der Waals surface area contributed by atoms with Crippen molar-refractivity contribution in [1.82, 2.24) is 14.9 Å². The number of nitrogens with zero attached hydrogens (tertiary/aromatic N) is 3. The van der Waals surface area contributed by atoms with Crippen LogP contribution in [0.4, 0.5) is 28.9 Å². The van der Waals surface area contributed by atoms with E-state index in [1.807, 2.05) is 0 Å². The van der Waals surface area contributed by atoms with Crippen molar-refractivity contribution in [3.05, 3.63) is 36.0 Å². The molecule has 1 radical (unpaired) electrons. The Morgan fingerprint density at radius 1 is 1.26 bits per heavy atom. The van der Waals surface area contributed by atoms with Crippen molar-refractivity contribution in [1.29, 1.82) is 0 Å². The zero-order valence-corrected chi connectivity index (χ0v) is 19.8. The number of rotatable bonds is 4. The average molecular weight is 493 g/mol. The highest BCUT2D eigenvalue weighted by Crippen LogP contribution is 2.35. The number of nitrogens with one attached hydrogen (secondary N) is 1. The first kappa shape index (κ1) is 24.1. The molecule has 1 aromatic carbocycles. The Morgan fingerprint density at radius 3 is 2.74 bits per heavy atom. The zero-order chi connectivity index (χ0) is 24.7. The lowest BCUT2D eigenvalue weighted by Gasteiger charge is -2.29. The first-order valence-electron chi connectivity index (χ1n) is 10.8. The molecular weight excluding hydrogens is 467 g/mol. The van der Waals surface area contributed by atoms with Crippen LogP contribution in [0.25, 0.3) is 21.3 Å². The zero-order valence-electron chi connectivity index (χ0n) is 19.0. The number of aromatic nitrogens is 2. The summed E-state index contributed by atoms with van der Waals surface area (Å²) in [5, 5.41) is 3.43. The fraction of sp³-hybridized carbons (Fsp3) is 0.435. The molecule has 11 heteroatoms. The van der Waals surface area contributed by atoms with E-state index < -0.39 is 23.6 Å². The predicted octanol–water partition coefficient (Wildman–Crippen LogP) is 5.57. The van der Waals surface area contributed by atoms with E-state index in [0.29, 0.717) is 34.7 Å². The van der Waals surface area contributed by atoms with Gasteiger partial charge in [-0.3, -0.25) is 0 Å². The molecule has 1 atom stereocenters. The summed E-state index contributed by atoms with van der Waals surface area (Å²) < 4.78 is 46.5. The van der Waals surface area contributed by atoms with Crippen molar-refractivity contribution < 1.29 is 22.7 Å². The lowest BCUT2D eigenvalue weighted by atomic mass is 10.1. The van der Waals surface area contributed by atoms with Crippen LogP contribution in [0.2, 0.25) is 0 Å². The Labute approximate surface area is 199 Å². The Balaban J connectivity index is 1.62. The van der Waals surface area contributed by atoms with Crippen LogP contribution >= 0.6 is 11.3 Å². The fourth-order valence-corrected chi connectivity index (χ4v) is 4.52. The van der Waals surface area contributed by atoms with Crippen LogP contribution in [0.1, 0.15) is 39.3 Å². The van der Waals surface area contributed by atoms with Gasteiger partial charge in [-0.05, 0) is 57.4 Å². The molecule has 0 spiro atoms. The molecule has 1 aliphatic rings. The first-order valence-corrected chi connectivity index (χ1v) is 11.6. The Hall–Kier alpha value is -3.08. The van der Waals surface area contributed by atoms with Crippen molar-refractivity contribution >= 4 is 38.6 Å². The monoisotopic (exact) mass is 492 g/mol. The molecule has 4 rings (SSSR count). The Morgan fingerprint density at radius 2 is 2.03 bits per heavy atom. The molecule has 3 heterocycles. The summed E-state index contributed by atoms with van der Waals surface area (Å²) in [6.45, 7) is 6.12. The smallest absolute Gasteiger partial charge is 0.433 e. The van der Waals surface area contributed by atoms with E-state index >= 15 is 0 Å². The van der Waals surface area contributed by atoms with Crippen LogP contribution in [0.3, 0.4) is 0 Å². The molecule has 7 nitrogen and oxygen atoms in total. The Bertz CT molecular complexity index is 1210. The van der Waals surface area contributed by atoms with Crippen molar-refractivity contribution in [2.75, 3.05) is 24.1 Å². The molecule has 1 amide bonds. The van der Waals surface area contributed by atoms with Crippen LogP contribution < -0.4 is 11.1 Å². The summed E-state index contributed by atoms with van der Waals surface area (Å²) in [5.41, 5.74) is 5.65. The molecule has 0 aliphatic carbocycles. The number of carbonyl (C=O) groups is 1. The number of hydrogen-bond acceptors (Lipinski definition) is 7. The van der Waals surface area contributed by atoms with Gasteiger partial charge < -0.3 is 20.7 Å². The van der Waals surface area contributed by atoms with Gasteiger partial charge in [-0.15, -0.1) is 0 Å². The van der Waals surface area contributed by atoms with Crippen LogP contribution in [0.5, 0.6) is 0 Å². The number of likely N-dealkylation sites (tertiary alicyclic amines) is 1. The van der Waals surface area contributed by atoms with Gasteiger partial charge in [-0.1, -0.05) is 17.4 Å². The molecule has 3 aromatic rings. The number of fused-ring (bicyclic) bond motifs is 1. The highest BCUT2D eigenvalue weighted by atomic mass is 32.1. The third-order valence-corrected chi connectivity index (χ3v) is 6.16. The molecule has 0 saturated carbocycles. The maximum absolute atomic E-state index is 13.4. The van der Waals surface area contributed by atoms with E-state index in [4.69, 9.17) is 10.5 Å². The minimum Gasteiger partial charge on any atom is -0.444 e. The number of amides is 1. The number of ether oxygens (including phenoxy) is 1. The van der Waals surface area contributed by atoms with E-state index in [1.54, 1.807) is 37.8 Å². The molecule has 2 aromatic heterocycles. The number of carbonyl (C=O) groups excluding carboxylic acids is 1. The number of pyridine rings is 1. The van der Waals surface area contributed by atoms with E-state index in [-0.39, 0.29) is 18.4 Å². The van der Waals surface area contributed by atoms with E-state index in [0.717, 1.165) is 17.2 Å². The van der Waals surface area contributed by atoms with Gasteiger partial charge >= 0.3 is 12.3 Å². The van der Waals surface area contributed by atoms with Crippen molar-refractivity contribution in [3.63, 3.8) is 0 Å². The summed E-state index contributed by atoms with van der Waals surface area (Å²) in [6.07, 6.45) is -3.54. The normalized spacial score (nSPS) is 16.8. The van der Waals surface area contributed by atoms with Crippen LogP contribution in [0.15, 0.2) is 24.3 Å². The molecule has 0 bridgehead atoms. The number of nitrogens with two attached hydrogens (primary N) is 1. The fourth-order valence-electron chi connectivity index (χ4n) is 3.83. The number of thiazole rings is 1. The van der Waals surface area contributed by atoms with Gasteiger partial charge in [0.1, 0.15) is 17.1 Å². The molecular formula is C23H25F3N5O2S. The maximum atomic E-state index is 13.4. The Kier molecular flexibility index (Phi) is 6.32. The highest BCUT2D eigenvalue weighted by molar-refractivity contribution is 7.22. The van der Waals surface area contributed by atoms with Crippen LogP contribution in [0, 0.1) is 6.07 Å². The topological polar surface area (TPSA) is 93.4 Å². The second-order valence-corrected chi connectivity index (χ2v) is 10.1. The van der Waals surface area contributed by atoms with Crippen molar-refractivity contribution in [2.24, 2.45) is 0 Å². The van der Waals surface area contributed by atoms with Gasteiger partial charge in [0.25, 0.3) is 0 Å². The summed E-state index contributed by atoms with van der Waals surface area (Å²) in [6, 6.07) is 8.74. The number of benzene rings is 1. The minimum atomic E-state index is -4.60. The van der Waals surface area contributed by atoms with Gasteiger partial charge in [-0.2, -0.15) is 13.2 Å².